The Morgan fingerprint density at radius 2 is 1.45 bits per heavy atom. The maximum absolute atomic E-state index is 13.3. The summed E-state index contributed by atoms with van der Waals surface area (Å²) in [4.78, 5) is 3.98. The molecule has 0 aliphatic carbocycles. The van der Waals surface area contributed by atoms with Gasteiger partial charge in [0.15, 0.2) is 0 Å². The Morgan fingerprint density at radius 1 is 0.864 bits per heavy atom. The normalized spacial score (nSPS) is 12.0. The predicted octanol–water partition coefficient (Wildman–Crippen LogP) is 4.23. The fourth-order valence-corrected chi connectivity index (χ4v) is 5.38. The third-order valence-corrected chi connectivity index (χ3v) is 6.22. The van der Waals surface area contributed by atoms with Gasteiger partial charge >= 0.3 is 0 Å². The third-order valence-electron chi connectivity index (χ3n) is 3.98. The number of hydrogen-bond donors (Lipinski definition) is 1. The van der Waals surface area contributed by atoms with Crippen LogP contribution in [0.1, 0.15) is 22.4 Å². The lowest BCUT2D eigenvalue weighted by atomic mass is 10.1. The Bertz CT molecular complexity index is 958. The molecule has 2 aromatic carbocycles. The van der Waals surface area contributed by atoms with Crippen molar-refractivity contribution in [2.24, 2.45) is 0 Å². The number of benzene rings is 2. The molecule has 0 aliphatic rings. The average molecular weight is 313 g/mol. The summed E-state index contributed by atoms with van der Waals surface area (Å²) in [7, 11) is -3.56. The molecule has 3 rings (SSSR count). The molecule has 3 aromatic rings. The SMILES string of the molecule is Cc1cc(C)c(S(=O)(=O)c2c(C)[nH]c3ccccc23)c(C)c1. The van der Waals surface area contributed by atoms with E-state index in [1.54, 1.807) is 0 Å². The highest BCUT2D eigenvalue weighted by Crippen LogP contribution is 2.34. The number of rotatable bonds is 2. The predicted molar refractivity (Wildman–Crippen MR) is 89.1 cm³/mol. The van der Waals surface area contributed by atoms with Gasteiger partial charge in [0.05, 0.1) is 9.79 Å². The van der Waals surface area contributed by atoms with E-state index in [-0.39, 0.29) is 0 Å². The number of aromatic amines is 1. The van der Waals surface area contributed by atoms with Crippen molar-refractivity contribution < 1.29 is 8.42 Å². The van der Waals surface area contributed by atoms with Gasteiger partial charge in [-0.2, -0.15) is 0 Å². The minimum atomic E-state index is -3.56. The van der Waals surface area contributed by atoms with E-state index in [0.717, 1.165) is 27.6 Å². The zero-order valence-corrected chi connectivity index (χ0v) is 14.0. The van der Waals surface area contributed by atoms with Crippen LogP contribution in [0.25, 0.3) is 10.9 Å². The van der Waals surface area contributed by atoms with Crippen LogP contribution in [0.3, 0.4) is 0 Å². The highest BCUT2D eigenvalue weighted by Gasteiger charge is 2.27. The molecule has 4 heteroatoms. The number of para-hydroxylation sites is 1. The van der Waals surface area contributed by atoms with Crippen LogP contribution in [-0.2, 0) is 9.84 Å². The molecule has 0 atom stereocenters. The van der Waals surface area contributed by atoms with Gasteiger partial charge in [-0.1, -0.05) is 35.9 Å². The first-order valence-electron chi connectivity index (χ1n) is 7.22. The molecular formula is C18H19NO2S. The standard InChI is InChI=1S/C18H19NO2S/c1-11-9-12(2)17(13(3)10-11)22(20,21)18-14(4)19-16-8-6-5-7-15(16)18/h5-10,19H,1-4H3. The topological polar surface area (TPSA) is 49.9 Å². The van der Waals surface area contributed by atoms with Crippen molar-refractivity contribution in [2.45, 2.75) is 37.5 Å². The van der Waals surface area contributed by atoms with Crippen LogP contribution in [0, 0.1) is 27.7 Å². The van der Waals surface area contributed by atoms with Gasteiger partial charge in [-0.3, -0.25) is 0 Å². The Labute approximate surface area is 130 Å². The molecule has 0 amide bonds. The van der Waals surface area contributed by atoms with Gasteiger partial charge in [0, 0.05) is 16.6 Å². The number of hydrogen-bond acceptors (Lipinski definition) is 2. The molecule has 1 heterocycles. The first-order chi connectivity index (χ1) is 10.3. The number of aryl methyl sites for hydroxylation is 4. The summed E-state index contributed by atoms with van der Waals surface area (Å²) in [6, 6.07) is 11.4. The lowest BCUT2D eigenvalue weighted by molar-refractivity contribution is 0.595. The van der Waals surface area contributed by atoms with Crippen molar-refractivity contribution in [3.05, 3.63) is 58.8 Å². The molecule has 0 saturated carbocycles. The summed E-state index contributed by atoms with van der Waals surface area (Å²) in [5.41, 5.74) is 4.19. The Kier molecular flexibility index (Phi) is 3.37. The molecule has 0 radical (unpaired) electrons. The number of aromatic nitrogens is 1. The highest BCUT2D eigenvalue weighted by atomic mass is 32.2. The smallest absolute Gasteiger partial charge is 0.209 e. The van der Waals surface area contributed by atoms with Crippen molar-refractivity contribution in [3.8, 4) is 0 Å². The van der Waals surface area contributed by atoms with Crippen molar-refractivity contribution in [3.63, 3.8) is 0 Å². The second kappa shape index (κ2) is 4.99. The summed E-state index contributed by atoms with van der Waals surface area (Å²) in [6.45, 7) is 7.51. The number of nitrogens with one attached hydrogen (secondary N) is 1. The molecule has 22 heavy (non-hydrogen) atoms. The third kappa shape index (κ3) is 2.15. The molecule has 1 aromatic heterocycles. The fourth-order valence-electron chi connectivity index (χ4n) is 3.29. The molecular weight excluding hydrogens is 294 g/mol. The van der Waals surface area contributed by atoms with Gasteiger partial charge in [0.2, 0.25) is 9.84 Å². The van der Waals surface area contributed by atoms with Gasteiger partial charge in [-0.15, -0.1) is 0 Å². The lowest BCUT2D eigenvalue weighted by Gasteiger charge is -2.12. The second-order valence-electron chi connectivity index (χ2n) is 5.86. The zero-order valence-electron chi connectivity index (χ0n) is 13.2. The zero-order chi connectivity index (χ0) is 16.1. The fraction of sp³-hybridized carbons (Fsp3) is 0.222. The van der Waals surface area contributed by atoms with Crippen molar-refractivity contribution >= 4 is 20.7 Å². The number of H-pyrrole nitrogens is 1. The van der Waals surface area contributed by atoms with E-state index in [9.17, 15) is 8.42 Å². The van der Waals surface area contributed by atoms with E-state index in [2.05, 4.69) is 4.98 Å². The lowest BCUT2D eigenvalue weighted by Crippen LogP contribution is -2.08. The van der Waals surface area contributed by atoms with E-state index in [1.807, 2.05) is 64.1 Å². The summed E-state index contributed by atoms with van der Waals surface area (Å²) in [5, 5.41) is 0.749. The summed E-state index contributed by atoms with van der Waals surface area (Å²) >= 11 is 0. The van der Waals surface area contributed by atoms with Gasteiger partial charge in [-0.05, 0) is 44.9 Å². The first-order valence-corrected chi connectivity index (χ1v) is 8.71. The van der Waals surface area contributed by atoms with Crippen LogP contribution in [0.5, 0.6) is 0 Å². The molecule has 114 valence electrons. The maximum Gasteiger partial charge on any atom is 0.209 e. The summed E-state index contributed by atoms with van der Waals surface area (Å²) in [5.74, 6) is 0. The van der Waals surface area contributed by atoms with Crippen LogP contribution in [-0.4, -0.2) is 13.4 Å². The van der Waals surface area contributed by atoms with Gasteiger partial charge in [0.1, 0.15) is 0 Å². The quantitative estimate of drug-likeness (QED) is 0.769. The van der Waals surface area contributed by atoms with Crippen LogP contribution < -0.4 is 0 Å². The van der Waals surface area contributed by atoms with Gasteiger partial charge in [0.25, 0.3) is 0 Å². The Balaban J connectivity index is 2.37. The van der Waals surface area contributed by atoms with Crippen LogP contribution in [0.4, 0.5) is 0 Å². The van der Waals surface area contributed by atoms with E-state index < -0.39 is 9.84 Å². The van der Waals surface area contributed by atoms with E-state index >= 15 is 0 Å². The monoisotopic (exact) mass is 313 g/mol. The van der Waals surface area contributed by atoms with Crippen molar-refractivity contribution in [1.29, 1.82) is 0 Å². The molecule has 0 saturated heterocycles. The minimum Gasteiger partial charge on any atom is -0.358 e. The van der Waals surface area contributed by atoms with Crippen molar-refractivity contribution in [2.75, 3.05) is 0 Å². The molecule has 1 N–H and O–H groups in total. The van der Waals surface area contributed by atoms with E-state index in [4.69, 9.17) is 0 Å². The molecule has 0 aliphatic heterocycles. The van der Waals surface area contributed by atoms with Crippen LogP contribution >= 0.6 is 0 Å². The average Bonchev–Trinajstić information content (AvgIpc) is 2.73. The van der Waals surface area contributed by atoms with Crippen LogP contribution in [0.15, 0.2) is 46.2 Å². The molecule has 3 nitrogen and oxygen atoms in total. The second-order valence-corrected chi connectivity index (χ2v) is 7.68. The maximum atomic E-state index is 13.3. The highest BCUT2D eigenvalue weighted by molar-refractivity contribution is 7.92. The van der Waals surface area contributed by atoms with Gasteiger partial charge in [-0.25, -0.2) is 8.42 Å². The number of fused-ring (bicyclic) bond motifs is 1. The van der Waals surface area contributed by atoms with E-state index in [1.165, 1.54) is 0 Å². The largest absolute Gasteiger partial charge is 0.358 e. The molecule has 0 bridgehead atoms. The van der Waals surface area contributed by atoms with Crippen LogP contribution in [0.2, 0.25) is 0 Å². The van der Waals surface area contributed by atoms with E-state index in [0.29, 0.717) is 15.5 Å². The van der Waals surface area contributed by atoms with Gasteiger partial charge < -0.3 is 4.98 Å². The molecule has 0 fully saturated rings. The molecule has 0 unspecified atom stereocenters. The van der Waals surface area contributed by atoms with Crippen molar-refractivity contribution in [1.82, 2.24) is 4.98 Å². The minimum absolute atomic E-state index is 0.387. The Hall–Kier alpha value is -2.07. The first kappa shape index (κ1) is 14.9. The summed E-state index contributed by atoms with van der Waals surface area (Å²) < 4.78 is 26.5. The molecule has 0 spiro atoms. The number of sulfone groups is 1. The summed E-state index contributed by atoms with van der Waals surface area (Å²) in [6.07, 6.45) is 0. The Morgan fingerprint density at radius 3 is 2.09 bits per heavy atom.